The van der Waals surface area contributed by atoms with E-state index in [1.54, 1.807) is 0 Å². The summed E-state index contributed by atoms with van der Waals surface area (Å²) in [5.41, 5.74) is 5.20. The Morgan fingerprint density at radius 2 is 1.92 bits per heavy atom. The lowest BCUT2D eigenvalue weighted by Crippen LogP contribution is -2.62. The maximum atomic E-state index is 12.4. The van der Waals surface area contributed by atoms with Crippen LogP contribution in [0.25, 0.3) is 0 Å². The van der Waals surface area contributed by atoms with Gasteiger partial charge < -0.3 is 10.6 Å². The molecule has 0 radical (unpaired) electrons. The molecule has 1 aliphatic heterocycles. The third-order valence-electron chi connectivity index (χ3n) is 1.76. The van der Waals surface area contributed by atoms with Crippen LogP contribution in [0.15, 0.2) is 0 Å². The summed E-state index contributed by atoms with van der Waals surface area (Å²) < 4.78 is 48.0. The number of rotatable bonds is 2. The van der Waals surface area contributed by atoms with E-state index in [1.165, 1.54) is 0 Å². The van der Waals surface area contributed by atoms with Gasteiger partial charge >= 0.3 is 12.3 Å². The highest BCUT2D eigenvalue weighted by molar-refractivity contribution is 5.84. The zero-order chi connectivity index (χ0) is 10.2. The minimum absolute atomic E-state index is 0.0822. The van der Waals surface area contributed by atoms with Gasteiger partial charge in [-0.3, -0.25) is 4.79 Å². The summed E-state index contributed by atoms with van der Waals surface area (Å²) in [6, 6.07) is -0.377. The van der Waals surface area contributed by atoms with Crippen LogP contribution in [0.5, 0.6) is 0 Å². The van der Waals surface area contributed by atoms with Gasteiger partial charge in [0.15, 0.2) is 0 Å². The van der Waals surface area contributed by atoms with Gasteiger partial charge in [-0.1, -0.05) is 0 Å². The van der Waals surface area contributed by atoms with E-state index in [2.05, 4.69) is 0 Å². The molecule has 1 rings (SSSR count). The first-order valence-corrected chi connectivity index (χ1v) is 3.56. The fraction of sp³-hybridized carbons (Fsp3) is 0.833. The molecule has 76 valence electrons. The molecule has 1 aliphatic rings. The van der Waals surface area contributed by atoms with Crippen LogP contribution in [-0.2, 0) is 4.79 Å². The molecular formula is C6H8F4N2O. The number of amides is 1. The molecule has 1 saturated heterocycles. The third kappa shape index (κ3) is 1.74. The van der Waals surface area contributed by atoms with E-state index >= 15 is 0 Å². The molecule has 1 amide bonds. The van der Waals surface area contributed by atoms with Crippen molar-refractivity contribution in [2.24, 2.45) is 5.73 Å². The maximum absolute atomic E-state index is 12.4. The molecule has 2 N–H and O–H groups in total. The van der Waals surface area contributed by atoms with Gasteiger partial charge in [0.05, 0.1) is 0 Å². The highest BCUT2D eigenvalue weighted by Crippen LogP contribution is 2.27. The Labute approximate surface area is 71.5 Å². The van der Waals surface area contributed by atoms with Crippen LogP contribution in [-0.4, -0.2) is 42.3 Å². The van der Waals surface area contributed by atoms with Crippen LogP contribution in [0.1, 0.15) is 0 Å². The van der Waals surface area contributed by atoms with Crippen molar-refractivity contribution in [1.82, 2.24) is 4.90 Å². The molecule has 1 fully saturated rings. The van der Waals surface area contributed by atoms with Crippen molar-refractivity contribution < 1.29 is 22.4 Å². The quantitative estimate of drug-likeness (QED) is 0.640. The number of halogens is 4. The summed E-state index contributed by atoms with van der Waals surface area (Å²) in [4.78, 5) is 11.3. The van der Waals surface area contributed by atoms with Crippen molar-refractivity contribution in [3.8, 4) is 0 Å². The van der Waals surface area contributed by atoms with Crippen molar-refractivity contribution in [3.05, 3.63) is 0 Å². The Bertz CT molecular complexity index is 215. The maximum Gasteiger partial charge on any atom is 0.383 e. The highest BCUT2D eigenvalue weighted by Gasteiger charge is 2.52. The second-order valence-corrected chi connectivity index (χ2v) is 2.89. The second-order valence-electron chi connectivity index (χ2n) is 2.89. The van der Waals surface area contributed by atoms with Crippen molar-refractivity contribution in [2.75, 3.05) is 13.1 Å². The van der Waals surface area contributed by atoms with Gasteiger partial charge in [-0.2, -0.15) is 8.78 Å². The largest absolute Gasteiger partial charge is 0.383 e. The van der Waals surface area contributed by atoms with E-state index in [1.807, 2.05) is 0 Å². The molecule has 0 aromatic heterocycles. The number of likely N-dealkylation sites (tertiary alicyclic amines) is 1. The first-order valence-electron chi connectivity index (χ1n) is 3.56. The van der Waals surface area contributed by atoms with Gasteiger partial charge in [0, 0.05) is 19.1 Å². The van der Waals surface area contributed by atoms with E-state index in [-0.39, 0.29) is 19.1 Å². The fourth-order valence-electron chi connectivity index (χ4n) is 0.983. The summed E-state index contributed by atoms with van der Waals surface area (Å²) in [6.07, 6.45) is -3.96. The number of carbonyl (C=O) groups is 1. The fourth-order valence-corrected chi connectivity index (χ4v) is 0.983. The lowest BCUT2D eigenvalue weighted by molar-refractivity contribution is -0.184. The number of nitrogens with zero attached hydrogens (tertiary/aromatic N) is 1. The number of nitrogens with two attached hydrogens (primary N) is 1. The molecule has 7 heteroatoms. The number of hydrogen-bond donors (Lipinski definition) is 1. The first-order chi connectivity index (χ1) is 5.85. The van der Waals surface area contributed by atoms with Gasteiger partial charge in [-0.15, -0.1) is 0 Å². The predicted octanol–water partition coefficient (Wildman–Crippen LogP) is 0.0563. The molecule has 0 unspecified atom stereocenters. The number of alkyl halides is 4. The predicted molar refractivity (Wildman–Crippen MR) is 35.5 cm³/mol. The van der Waals surface area contributed by atoms with Gasteiger partial charge in [0.2, 0.25) is 0 Å². The molecule has 0 aromatic carbocycles. The minimum atomic E-state index is -4.58. The summed E-state index contributed by atoms with van der Waals surface area (Å²) >= 11 is 0. The van der Waals surface area contributed by atoms with E-state index in [4.69, 9.17) is 5.73 Å². The SMILES string of the molecule is NC1CN(C(=O)C(F)(F)C(F)F)C1. The van der Waals surface area contributed by atoms with E-state index in [9.17, 15) is 22.4 Å². The highest BCUT2D eigenvalue weighted by atomic mass is 19.3. The molecule has 0 bridgehead atoms. The Balaban J connectivity index is 2.57. The lowest BCUT2D eigenvalue weighted by atomic mass is 10.1. The average molecular weight is 200 g/mol. The van der Waals surface area contributed by atoms with Crippen LogP contribution in [0.2, 0.25) is 0 Å². The zero-order valence-electron chi connectivity index (χ0n) is 6.51. The monoisotopic (exact) mass is 200 g/mol. The zero-order valence-corrected chi connectivity index (χ0v) is 6.51. The normalized spacial score (nSPS) is 19.1. The first kappa shape index (κ1) is 10.2. The Kier molecular flexibility index (Phi) is 2.47. The summed E-state index contributed by atoms with van der Waals surface area (Å²) in [6.45, 7) is -0.164. The van der Waals surface area contributed by atoms with Crippen LogP contribution >= 0.6 is 0 Å². The van der Waals surface area contributed by atoms with Crippen molar-refractivity contribution in [3.63, 3.8) is 0 Å². The van der Waals surface area contributed by atoms with Gasteiger partial charge in [-0.05, 0) is 0 Å². The standard InChI is InChI=1S/C6H8F4N2O/c7-4(8)6(9,10)5(13)12-1-3(11)2-12/h3-4H,1-2,11H2. The second kappa shape index (κ2) is 3.13. The van der Waals surface area contributed by atoms with E-state index < -0.39 is 18.3 Å². The lowest BCUT2D eigenvalue weighted by Gasteiger charge is -2.38. The Morgan fingerprint density at radius 1 is 1.46 bits per heavy atom. The summed E-state index contributed by atoms with van der Waals surface area (Å²) in [5.74, 6) is -6.43. The van der Waals surface area contributed by atoms with Crippen LogP contribution in [0, 0.1) is 0 Å². The van der Waals surface area contributed by atoms with Gasteiger partial charge in [-0.25, -0.2) is 8.78 Å². The van der Waals surface area contributed by atoms with Crippen LogP contribution in [0.4, 0.5) is 17.6 Å². The third-order valence-corrected chi connectivity index (χ3v) is 1.76. The molecule has 0 aliphatic carbocycles. The Morgan fingerprint density at radius 3 is 2.23 bits per heavy atom. The minimum Gasteiger partial charge on any atom is -0.334 e. The molecule has 0 atom stereocenters. The molecule has 1 heterocycles. The molecule has 13 heavy (non-hydrogen) atoms. The van der Waals surface area contributed by atoms with E-state index in [0.717, 1.165) is 0 Å². The summed E-state index contributed by atoms with van der Waals surface area (Å²) in [7, 11) is 0. The van der Waals surface area contributed by atoms with Crippen molar-refractivity contribution in [2.45, 2.75) is 18.4 Å². The average Bonchev–Trinajstić information content (AvgIpc) is 1.97. The molecular weight excluding hydrogens is 192 g/mol. The van der Waals surface area contributed by atoms with Crippen molar-refractivity contribution >= 4 is 5.91 Å². The molecule has 0 spiro atoms. The van der Waals surface area contributed by atoms with Crippen molar-refractivity contribution in [1.29, 1.82) is 0 Å². The molecule has 0 aromatic rings. The topological polar surface area (TPSA) is 46.3 Å². The van der Waals surface area contributed by atoms with Crippen LogP contribution < -0.4 is 5.73 Å². The van der Waals surface area contributed by atoms with Gasteiger partial charge in [0.1, 0.15) is 0 Å². The molecule has 0 saturated carbocycles. The number of carbonyl (C=O) groups excluding carboxylic acids is 1. The van der Waals surface area contributed by atoms with Crippen LogP contribution in [0.3, 0.4) is 0 Å². The smallest absolute Gasteiger partial charge is 0.334 e. The summed E-state index contributed by atoms with van der Waals surface area (Å²) in [5, 5.41) is 0. The van der Waals surface area contributed by atoms with Gasteiger partial charge in [0.25, 0.3) is 5.91 Å². The van der Waals surface area contributed by atoms with E-state index in [0.29, 0.717) is 4.90 Å². The molecule has 3 nitrogen and oxygen atoms in total. The Hall–Kier alpha value is -0.850. The number of hydrogen-bond acceptors (Lipinski definition) is 2.